The molecule has 0 bridgehead atoms. The van der Waals surface area contributed by atoms with Gasteiger partial charge in [-0.1, -0.05) is 6.07 Å². The smallest absolute Gasteiger partial charge is 0.356 e. The third-order valence-corrected chi connectivity index (χ3v) is 3.75. The first kappa shape index (κ1) is 14.7. The molecule has 1 fully saturated rings. The van der Waals surface area contributed by atoms with Crippen molar-refractivity contribution in [2.45, 2.75) is 19.0 Å². The fourth-order valence-electron chi connectivity index (χ4n) is 2.72. The van der Waals surface area contributed by atoms with Gasteiger partial charge in [-0.15, -0.1) is 0 Å². The van der Waals surface area contributed by atoms with Crippen LogP contribution in [0.2, 0.25) is 0 Å². The molecular weight excluding hydrogens is 293 g/mol. The van der Waals surface area contributed by atoms with E-state index in [1.54, 1.807) is 6.20 Å². The fourth-order valence-corrected chi connectivity index (χ4v) is 2.72. The number of alkyl halides is 3. The van der Waals surface area contributed by atoms with E-state index in [4.69, 9.17) is 0 Å². The first-order valence-corrected chi connectivity index (χ1v) is 7.06. The van der Waals surface area contributed by atoms with Crippen molar-refractivity contribution >= 4 is 5.82 Å². The number of aromatic nitrogens is 3. The Balaban J connectivity index is 1.68. The highest BCUT2D eigenvalue weighted by Crippen LogP contribution is 2.29. The summed E-state index contributed by atoms with van der Waals surface area (Å²) < 4.78 is 38.0. The van der Waals surface area contributed by atoms with Crippen LogP contribution in [0.15, 0.2) is 36.8 Å². The maximum Gasteiger partial charge on any atom is 0.451 e. The van der Waals surface area contributed by atoms with Gasteiger partial charge in [0.25, 0.3) is 0 Å². The monoisotopic (exact) mass is 308 g/mol. The van der Waals surface area contributed by atoms with E-state index in [1.165, 1.54) is 12.3 Å². The minimum atomic E-state index is -4.51. The summed E-state index contributed by atoms with van der Waals surface area (Å²) >= 11 is 0. The van der Waals surface area contributed by atoms with Crippen LogP contribution in [0.1, 0.15) is 17.8 Å². The summed E-state index contributed by atoms with van der Waals surface area (Å²) in [5.41, 5.74) is 1.15. The number of hydrogen-bond donors (Lipinski definition) is 0. The number of rotatable bonds is 3. The summed E-state index contributed by atoms with van der Waals surface area (Å²) in [7, 11) is 0. The van der Waals surface area contributed by atoms with Gasteiger partial charge in [0.15, 0.2) is 0 Å². The molecule has 0 saturated carbocycles. The molecule has 1 saturated heterocycles. The van der Waals surface area contributed by atoms with Gasteiger partial charge >= 0.3 is 6.18 Å². The summed E-state index contributed by atoms with van der Waals surface area (Å²) in [5, 5.41) is 0. The molecule has 1 aliphatic rings. The van der Waals surface area contributed by atoms with Crippen LogP contribution in [0.25, 0.3) is 0 Å². The van der Waals surface area contributed by atoms with E-state index >= 15 is 0 Å². The Morgan fingerprint density at radius 3 is 2.82 bits per heavy atom. The summed E-state index contributed by atoms with van der Waals surface area (Å²) in [6.07, 6.45) is 2.02. The molecule has 0 amide bonds. The summed E-state index contributed by atoms with van der Waals surface area (Å²) in [6.45, 7) is 1.41. The van der Waals surface area contributed by atoms with Crippen LogP contribution < -0.4 is 4.90 Å². The van der Waals surface area contributed by atoms with Gasteiger partial charge in [0, 0.05) is 31.7 Å². The molecule has 0 N–H and O–H groups in total. The van der Waals surface area contributed by atoms with Gasteiger partial charge < -0.3 is 4.90 Å². The summed E-state index contributed by atoms with van der Waals surface area (Å²) in [5.74, 6) is -0.342. The second-order valence-corrected chi connectivity index (χ2v) is 5.40. The zero-order chi connectivity index (χ0) is 15.6. The third-order valence-electron chi connectivity index (χ3n) is 3.75. The maximum atomic E-state index is 12.7. The van der Waals surface area contributed by atoms with Crippen LogP contribution in [0.4, 0.5) is 19.0 Å². The first-order valence-electron chi connectivity index (χ1n) is 7.06. The lowest BCUT2D eigenvalue weighted by Gasteiger charge is -2.18. The molecule has 7 heteroatoms. The molecule has 2 aromatic rings. The maximum absolute atomic E-state index is 12.7. The number of anilines is 1. The largest absolute Gasteiger partial charge is 0.451 e. The van der Waals surface area contributed by atoms with E-state index in [-0.39, 0.29) is 0 Å². The molecule has 2 aromatic heterocycles. The molecule has 0 spiro atoms. The highest BCUT2D eigenvalue weighted by atomic mass is 19.4. The molecule has 0 aliphatic carbocycles. The van der Waals surface area contributed by atoms with Gasteiger partial charge in [-0.2, -0.15) is 13.2 Å². The van der Waals surface area contributed by atoms with E-state index in [9.17, 15) is 13.2 Å². The zero-order valence-electron chi connectivity index (χ0n) is 11.8. The van der Waals surface area contributed by atoms with Crippen LogP contribution in [-0.4, -0.2) is 28.0 Å². The van der Waals surface area contributed by atoms with Crippen molar-refractivity contribution in [3.05, 3.63) is 48.2 Å². The van der Waals surface area contributed by atoms with Gasteiger partial charge in [0.1, 0.15) is 5.82 Å². The summed E-state index contributed by atoms with van der Waals surface area (Å²) in [4.78, 5) is 12.9. The number of hydrogen-bond acceptors (Lipinski definition) is 4. The van der Waals surface area contributed by atoms with Crippen molar-refractivity contribution in [2.24, 2.45) is 5.92 Å². The Morgan fingerprint density at radius 1 is 1.23 bits per heavy atom. The van der Waals surface area contributed by atoms with Gasteiger partial charge in [-0.3, -0.25) is 4.98 Å². The number of halogens is 3. The third kappa shape index (κ3) is 3.35. The van der Waals surface area contributed by atoms with Crippen LogP contribution in [0.3, 0.4) is 0 Å². The average Bonchev–Trinajstić information content (AvgIpc) is 2.96. The molecule has 4 nitrogen and oxygen atoms in total. The normalized spacial score (nSPS) is 18.7. The highest BCUT2D eigenvalue weighted by molar-refractivity contribution is 5.39. The SMILES string of the molecule is FC(F)(F)c1nccc(N2CCC(Cc3cccnc3)C2)n1. The first-order chi connectivity index (χ1) is 10.5. The lowest BCUT2D eigenvalue weighted by Crippen LogP contribution is -2.23. The molecule has 3 rings (SSSR count). The van der Waals surface area contributed by atoms with E-state index in [0.29, 0.717) is 24.8 Å². The zero-order valence-corrected chi connectivity index (χ0v) is 11.8. The average molecular weight is 308 g/mol. The van der Waals surface area contributed by atoms with Crippen LogP contribution >= 0.6 is 0 Å². The molecular formula is C15H15F3N4. The van der Waals surface area contributed by atoms with Crippen molar-refractivity contribution in [1.29, 1.82) is 0 Å². The molecule has 1 unspecified atom stereocenters. The predicted molar refractivity (Wildman–Crippen MR) is 75.3 cm³/mol. The van der Waals surface area contributed by atoms with Gasteiger partial charge in [0.2, 0.25) is 5.82 Å². The topological polar surface area (TPSA) is 41.9 Å². The second kappa shape index (κ2) is 5.90. The standard InChI is InChI=1S/C15H15F3N4/c16-15(17,18)14-20-6-3-13(21-14)22-7-4-12(10-22)8-11-2-1-5-19-9-11/h1-3,5-6,9,12H,4,7-8,10H2. The van der Waals surface area contributed by atoms with Crippen molar-refractivity contribution in [3.8, 4) is 0 Å². The Bertz CT molecular complexity index is 630. The number of nitrogens with zero attached hydrogens (tertiary/aromatic N) is 4. The molecule has 3 heterocycles. The molecule has 1 atom stereocenters. The molecule has 116 valence electrons. The Labute approximate surface area is 126 Å². The minimum Gasteiger partial charge on any atom is -0.356 e. The lowest BCUT2D eigenvalue weighted by atomic mass is 10.0. The van der Waals surface area contributed by atoms with Crippen molar-refractivity contribution in [1.82, 2.24) is 15.0 Å². The summed E-state index contributed by atoms with van der Waals surface area (Å²) in [6, 6.07) is 5.44. The predicted octanol–water partition coefficient (Wildman–Crippen LogP) is 2.96. The molecule has 1 aliphatic heterocycles. The minimum absolute atomic E-state index is 0.344. The fraction of sp³-hybridized carbons (Fsp3) is 0.400. The number of pyridine rings is 1. The lowest BCUT2D eigenvalue weighted by molar-refractivity contribution is -0.144. The van der Waals surface area contributed by atoms with Gasteiger partial charge in [-0.25, -0.2) is 9.97 Å². The van der Waals surface area contributed by atoms with Crippen molar-refractivity contribution < 1.29 is 13.2 Å². The highest BCUT2D eigenvalue weighted by Gasteiger charge is 2.35. The van der Waals surface area contributed by atoms with Crippen LogP contribution in [0, 0.1) is 5.92 Å². The van der Waals surface area contributed by atoms with E-state index in [0.717, 1.165) is 18.4 Å². The second-order valence-electron chi connectivity index (χ2n) is 5.40. The van der Waals surface area contributed by atoms with Gasteiger partial charge in [0.05, 0.1) is 0 Å². The van der Waals surface area contributed by atoms with E-state index in [2.05, 4.69) is 15.0 Å². The Morgan fingerprint density at radius 2 is 2.09 bits per heavy atom. The quantitative estimate of drug-likeness (QED) is 0.874. The van der Waals surface area contributed by atoms with Crippen LogP contribution in [-0.2, 0) is 12.6 Å². The van der Waals surface area contributed by atoms with E-state index in [1.807, 2.05) is 23.2 Å². The van der Waals surface area contributed by atoms with Gasteiger partial charge in [-0.05, 0) is 36.5 Å². The van der Waals surface area contributed by atoms with Crippen molar-refractivity contribution in [3.63, 3.8) is 0 Å². The van der Waals surface area contributed by atoms with Crippen molar-refractivity contribution in [2.75, 3.05) is 18.0 Å². The van der Waals surface area contributed by atoms with E-state index < -0.39 is 12.0 Å². The Kier molecular flexibility index (Phi) is 3.96. The van der Waals surface area contributed by atoms with Crippen LogP contribution in [0.5, 0.6) is 0 Å². The Hall–Kier alpha value is -2.18. The molecule has 0 radical (unpaired) electrons. The molecule has 0 aromatic carbocycles. The molecule has 22 heavy (non-hydrogen) atoms.